The van der Waals surface area contributed by atoms with Crippen molar-refractivity contribution in [3.8, 4) is 11.5 Å². The number of anilines is 1. The molecular weight excluding hydrogens is 351 g/mol. The van der Waals surface area contributed by atoms with Crippen LogP contribution in [0.3, 0.4) is 0 Å². The molecule has 1 amide bonds. The normalized spacial score (nSPS) is 11.4. The molecule has 0 saturated heterocycles. The summed E-state index contributed by atoms with van der Waals surface area (Å²) in [6.07, 6.45) is -2.92. The third-order valence-electron chi connectivity index (χ3n) is 3.18. The van der Waals surface area contributed by atoms with Crippen LogP contribution < -0.4 is 20.6 Å². The van der Waals surface area contributed by atoms with E-state index in [0.717, 1.165) is 12.1 Å². The summed E-state index contributed by atoms with van der Waals surface area (Å²) >= 11 is 0. The molecule has 0 aliphatic heterocycles. The molecule has 0 spiro atoms. The van der Waals surface area contributed by atoms with Crippen LogP contribution in [0.5, 0.6) is 11.5 Å². The van der Waals surface area contributed by atoms with Gasteiger partial charge in [0, 0.05) is 0 Å². The van der Waals surface area contributed by atoms with E-state index in [9.17, 15) is 18.0 Å². The van der Waals surface area contributed by atoms with Crippen molar-refractivity contribution < 1.29 is 27.4 Å². The summed E-state index contributed by atoms with van der Waals surface area (Å²) in [5, 5.41) is 3.96. The third kappa shape index (κ3) is 5.40. The molecule has 0 saturated carbocycles. The number of nitrogens with two attached hydrogens (primary N) is 1. The lowest BCUT2D eigenvalue weighted by atomic mass is 10.2. The van der Waals surface area contributed by atoms with E-state index in [2.05, 4.69) is 10.5 Å². The number of hydrogen-bond donors (Lipinski definition) is 2. The number of primary amides is 1. The zero-order valence-corrected chi connectivity index (χ0v) is 13.7. The molecule has 0 radical (unpaired) electrons. The first-order valence-corrected chi connectivity index (χ1v) is 7.35. The van der Waals surface area contributed by atoms with E-state index >= 15 is 0 Å². The molecule has 6 nitrogen and oxygen atoms in total. The van der Waals surface area contributed by atoms with Gasteiger partial charge in [-0.25, -0.2) is 0 Å². The minimum atomic E-state index is -4.38. The number of hydrazone groups is 1. The smallest absolute Gasteiger partial charge is 0.416 e. The number of amides is 1. The van der Waals surface area contributed by atoms with Crippen LogP contribution in [-0.2, 0) is 11.0 Å². The van der Waals surface area contributed by atoms with Gasteiger partial charge in [0.05, 0.1) is 24.6 Å². The van der Waals surface area contributed by atoms with Crippen molar-refractivity contribution in [1.82, 2.24) is 0 Å². The Morgan fingerprint density at radius 3 is 2.46 bits per heavy atom. The average Bonchev–Trinajstić information content (AvgIpc) is 2.60. The van der Waals surface area contributed by atoms with Gasteiger partial charge in [0.1, 0.15) is 0 Å². The van der Waals surface area contributed by atoms with E-state index in [1.54, 1.807) is 18.2 Å². The predicted molar refractivity (Wildman–Crippen MR) is 90.3 cm³/mol. The Morgan fingerprint density at radius 1 is 1.19 bits per heavy atom. The average molecular weight is 367 g/mol. The van der Waals surface area contributed by atoms with Crippen LogP contribution in [0.2, 0.25) is 0 Å². The second-order valence-corrected chi connectivity index (χ2v) is 5.11. The van der Waals surface area contributed by atoms with Crippen molar-refractivity contribution >= 4 is 17.8 Å². The Labute approximate surface area is 147 Å². The number of halogens is 3. The quantitative estimate of drug-likeness (QED) is 0.582. The fraction of sp³-hybridized carbons (Fsp3) is 0.176. The van der Waals surface area contributed by atoms with Crippen LogP contribution >= 0.6 is 0 Å². The minimum absolute atomic E-state index is 0.278. The number of hydrogen-bond acceptors (Lipinski definition) is 5. The second-order valence-electron chi connectivity index (χ2n) is 5.11. The monoisotopic (exact) mass is 367 g/mol. The molecule has 0 unspecified atom stereocenters. The second kappa shape index (κ2) is 8.24. The molecule has 26 heavy (non-hydrogen) atoms. The van der Waals surface area contributed by atoms with Crippen LogP contribution in [-0.4, -0.2) is 25.8 Å². The Bertz CT molecular complexity index is 790. The number of nitrogens with zero attached hydrogens (tertiary/aromatic N) is 1. The van der Waals surface area contributed by atoms with Crippen LogP contribution in [0.4, 0.5) is 18.9 Å². The molecule has 2 aromatic rings. The van der Waals surface area contributed by atoms with Crippen molar-refractivity contribution in [1.29, 1.82) is 0 Å². The highest BCUT2D eigenvalue weighted by atomic mass is 19.4. The molecule has 2 rings (SSSR count). The molecule has 0 aliphatic rings. The van der Waals surface area contributed by atoms with Crippen LogP contribution in [0.1, 0.15) is 11.1 Å². The molecule has 0 aliphatic carbocycles. The lowest BCUT2D eigenvalue weighted by molar-refractivity contribution is -0.137. The van der Waals surface area contributed by atoms with E-state index in [0.29, 0.717) is 22.7 Å². The Morgan fingerprint density at radius 2 is 1.88 bits per heavy atom. The first kappa shape index (κ1) is 19.1. The highest BCUT2D eigenvalue weighted by molar-refractivity contribution is 5.81. The molecule has 0 aromatic heterocycles. The van der Waals surface area contributed by atoms with Crippen molar-refractivity contribution in [2.45, 2.75) is 6.18 Å². The number of ether oxygens (including phenoxy) is 2. The van der Waals surface area contributed by atoms with E-state index in [-0.39, 0.29) is 6.61 Å². The van der Waals surface area contributed by atoms with Gasteiger partial charge >= 0.3 is 6.18 Å². The summed E-state index contributed by atoms with van der Waals surface area (Å²) in [6.45, 7) is -0.278. The molecule has 0 fully saturated rings. The zero-order chi connectivity index (χ0) is 19.2. The number of alkyl halides is 3. The fourth-order valence-corrected chi connectivity index (χ4v) is 1.95. The van der Waals surface area contributed by atoms with Gasteiger partial charge in [-0.15, -0.1) is 0 Å². The highest BCUT2D eigenvalue weighted by Crippen LogP contribution is 2.30. The van der Waals surface area contributed by atoms with Gasteiger partial charge in [0.15, 0.2) is 18.1 Å². The van der Waals surface area contributed by atoms with Gasteiger partial charge in [-0.3, -0.25) is 10.2 Å². The molecule has 9 heteroatoms. The van der Waals surface area contributed by atoms with Crippen LogP contribution in [0, 0.1) is 0 Å². The maximum absolute atomic E-state index is 12.5. The summed E-state index contributed by atoms with van der Waals surface area (Å²) in [7, 11) is 1.44. The number of methoxy groups -OCH3 is 1. The van der Waals surface area contributed by atoms with Crippen molar-refractivity contribution in [2.24, 2.45) is 10.8 Å². The zero-order valence-electron chi connectivity index (χ0n) is 13.7. The Balaban J connectivity index is 2.02. The van der Waals surface area contributed by atoms with Gasteiger partial charge in [-0.1, -0.05) is 0 Å². The third-order valence-corrected chi connectivity index (χ3v) is 3.18. The predicted octanol–water partition coefficient (Wildman–Crippen LogP) is 3.02. The van der Waals surface area contributed by atoms with Crippen LogP contribution in [0.15, 0.2) is 47.6 Å². The summed E-state index contributed by atoms with van der Waals surface area (Å²) in [4.78, 5) is 10.8. The largest absolute Gasteiger partial charge is 0.493 e. The van der Waals surface area contributed by atoms with Crippen LogP contribution in [0.25, 0.3) is 0 Å². The standard InChI is InChI=1S/C17H16F3N3O3/c1-25-15-8-11(2-7-14(15)26-10-16(21)24)9-22-23-13-5-3-12(4-6-13)17(18,19)20/h2-9,23H,10H2,1H3,(H2,21,24)/b22-9+. The van der Waals surface area contributed by atoms with Gasteiger partial charge in [0.25, 0.3) is 5.91 Å². The summed E-state index contributed by atoms with van der Waals surface area (Å²) in [5.41, 5.74) is 7.97. The fourth-order valence-electron chi connectivity index (χ4n) is 1.95. The van der Waals surface area contributed by atoms with E-state index < -0.39 is 17.6 Å². The van der Waals surface area contributed by atoms with Crippen molar-refractivity contribution in [3.63, 3.8) is 0 Å². The highest BCUT2D eigenvalue weighted by Gasteiger charge is 2.29. The molecule has 3 N–H and O–H groups in total. The van der Waals surface area contributed by atoms with E-state index in [1.807, 2.05) is 0 Å². The van der Waals surface area contributed by atoms with Gasteiger partial charge < -0.3 is 15.2 Å². The molecule has 0 atom stereocenters. The minimum Gasteiger partial charge on any atom is -0.493 e. The van der Waals surface area contributed by atoms with Gasteiger partial charge in [-0.2, -0.15) is 18.3 Å². The molecule has 138 valence electrons. The molecule has 2 aromatic carbocycles. The SMILES string of the molecule is COc1cc(/C=N/Nc2ccc(C(F)(F)F)cc2)ccc1OCC(N)=O. The molecule has 0 bridgehead atoms. The number of carbonyl (C=O) groups excluding carboxylic acids is 1. The van der Waals surface area contributed by atoms with Gasteiger partial charge in [-0.05, 0) is 48.0 Å². The maximum atomic E-state index is 12.5. The summed E-state index contributed by atoms with van der Waals surface area (Å²) in [5.74, 6) is 0.113. The molecular formula is C17H16F3N3O3. The molecule has 0 heterocycles. The van der Waals surface area contributed by atoms with Crippen molar-refractivity contribution in [2.75, 3.05) is 19.1 Å². The summed E-state index contributed by atoms with van der Waals surface area (Å²) < 4.78 is 47.9. The van der Waals surface area contributed by atoms with E-state index in [1.165, 1.54) is 25.5 Å². The Hall–Kier alpha value is -3.23. The topological polar surface area (TPSA) is 85.9 Å². The first-order chi connectivity index (χ1) is 12.3. The van der Waals surface area contributed by atoms with Crippen molar-refractivity contribution in [3.05, 3.63) is 53.6 Å². The first-order valence-electron chi connectivity index (χ1n) is 7.35. The maximum Gasteiger partial charge on any atom is 0.416 e. The van der Waals surface area contributed by atoms with E-state index in [4.69, 9.17) is 15.2 Å². The number of benzene rings is 2. The summed E-state index contributed by atoms with van der Waals surface area (Å²) in [6, 6.07) is 9.35. The van der Waals surface area contributed by atoms with Gasteiger partial charge in [0.2, 0.25) is 0 Å². The number of carbonyl (C=O) groups is 1. The number of rotatable bonds is 7. The number of nitrogens with one attached hydrogen (secondary N) is 1. The lowest BCUT2D eigenvalue weighted by Crippen LogP contribution is -2.20. The Kier molecular flexibility index (Phi) is 6.05. The lowest BCUT2D eigenvalue weighted by Gasteiger charge is -2.10.